The highest BCUT2D eigenvalue weighted by Gasteiger charge is 2.49. The number of hydrogen-bond donors (Lipinski definition) is 1. The fourth-order valence-corrected chi connectivity index (χ4v) is 2.35. The number of rotatable bonds is 6. The highest BCUT2D eigenvalue weighted by Crippen LogP contribution is 2.40. The van der Waals surface area contributed by atoms with Crippen LogP contribution in [-0.2, 0) is 16.1 Å². The minimum Gasteiger partial charge on any atom is -0.493 e. The zero-order valence-electron chi connectivity index (χ0n) is 12.3. The second-order valence-corrected chi connectivity index (χ2v) is 5.17. The Morgan fingerprint density at radius 3 is 2.43 bits per heavy atom. The molecule has 6 nitrogen and oxygen atoms in total. The number of nitrogens with zero attached hydrogens (tertiary/aromatic N) is 1. The van der Waals surface area contributed by atoms with Crippen LogP contribution in [0.1, 0.15) is 12.0 Å². The molecule has 2 atom stereocenters. The summed E-state index contributed by atoms with van der Waals surface area (Å²) in [7, 11) is 4.79. The Balaban J connectivity index is 2.01. The van der Waals surface area contributed by atoms with E-state index < -0.39 is 11.9 Å². The van der Waals surface area contributed by atoms with Gasteiger partial charge in [0.05, 0.1) is 26.1 Å². The summed E-state index contributed by atoms with van der Waals surface area (Å²) in [5.74, 6) is -0.697. The number of methoxy groups -OCH3 is 2. The number of benzene rings is 1. The summed E-state index contributed by atoms with van der Waals surface area (Å²) < 4.78 is 10.4. The Hall–Kier alpha value is -2.24. The second-order valence-electron chi connectivity index (χ2n) is 5.17. The van der Waals surface area contributed by atoms with Crippen LogP contribution < -0.4 is 9.47 Å². The third-order valence-electron chi connectivity index (χ3n) is 3.67. The van der Waals surface area contributed by atoms with Crippen molar-refractivity contribution in [3.05, 3.63) is 23.8 Å². The van der Waals surface area contributed by atoms with Gasteiger partial charge in [0.15, 0.2) is 11.5 Å². The second kappa shape index (κ2) is 6.03. The lowest BCUT2D eigenvalue weighted by Crippen LogP contribution is -2.28. The molecule has 2 rings (SSSR count). The van der Waals surface area contributed by atoms with Crippen molar-refractivity contribution in [1.29, 1.82) is 0 Å². The molecule has 1 aliphatic carbocycles. The molecule has 1 aromatic carbocycles. The van der Waals surface area contributed by atoms with Gasteiger partial charge >= 0.3 is 5.97 Å². The number of carboxylic acid groups (broad SMARTS) is 1. The summed E-state index contributed by atoms with van der Waals surface area (Å²) in [4.78, 5) is 24.5. The predicted octanol–water partition coefficient (Wildman–Crippen LogP) is 1.38. The molecule has 0 aliphatic heterocycles. The lowest BCUT2D eigenvalue weighted by Gasteiger charge is -2.18. The molecule has 1 amide bonds. The maximum Gasteiger partial charge on any atom is 0.307 e. The van der Waals surface area contributed by atoms with Crippen LogP contribution in [0.2, 0.25) is 0 Å². The van der Waals surface area contributed by atoms with Gasteiger partial charge in [0.1, 0.15) is 0 Å². The van der Waals surface area contributed by atoms with Crippen molar-refractivity contribution in [3.63, 3.8) is 0 Å². The highest BCUT2D eigenvalue weighted by molar-refractivity contribution is 5.89. The maximum atomic E-state index is 12.1. The van der Waals surface area contributed by atoms with E-state index in [2.05, 4.69) is 0 Å². The molecular weight excluding hydrogens is 274 g/mol. The van der Waals surface area contributed by atoms with Gasteiger partial charge in [0.2, 0.25) is 5.91 Å². The van der Waals surface area contributed by atoms with Gasteiger partial charge in [-0.1, -0.05) is 6.07 Å². The molecule has 0 spiro atoms. The topological polar surface area (TPSA) is 76.1 Å². The van der Waals surface area contributed by atoms with Crippen molar-refractivity contribution < 1.29 is 24.2 Å². The lowest BCUT2D eigenvalue weighted by molar-refractivity contribution is -0.141. The van der Waals surface area contributed by atoms with E-state index in [0.717, 1.165) is 5.56 Å². The maximum absolute atomic E-state index is 12.1. The van der Waals surface area contributed by atoms with Crippen molar-refractivity contribution in [2.24, 2.45) is 11.8 Å². The molecule has 0 radical (unpaired) electrons. The first kappa shape index (κ1) is 15.2. The van der Waals surface area contributed by atoms with Crippen LogP contribution in [0, 0.1) is 11.8 Å². The Morgan fingerprint density at radius 2 is 1.90 bits per heavy atom. The van der Waals surface area contributed by atoms with Crippen LogP contribution in [-0.4, -0.2) is 43.2 Å². The van der Waals surface area contributed by atoms with Gasteiger partial charge in [0.25, 0.3) is 0 Å². The van der Waals surface area contributed by atoms with Gasteiger partial charge < -0.3 is 19.5 Å². The fraction of sp³-hybridized carbons (Fsp3) is 0.467. The molecule has 0 heterocycles. The van der Waals surface area contributed by atoms with Gasteiger partial charge in [-0.2, -0.15) is 0 Å². The molecule has 114 valence electrons. The lowest BCUT2D eigenvalue weighted by atomic mass is 10.1. The van der Waals surface area contributed by atoms with E-state index in [-0.39, 0.29) is 11.8 Å². The van der Waals surface area contributed by atoms with Crippen LogP contribution in [0.15, 0.2) is 18.2 Å². The largest absolute Gasteiger partial charge is 0.493 e. The summed E-state index contributed by atoms with van der Waals surface area (Å²) in [5, 5.41) is 8.87. The van der Waals surface area contributed by atoms with Gasteiger partial charge in [-0.3, -0.25) is 9.59 Å². The summed E-state index contributed by atoms with van der Waals surface area (Å²) in [6.07, 6.45) is 0.435. The number of carbonyl (C=O) groups is 2. The monoisotopic (exact) mass is 293 g/mol. The first-order chi connectivity index (χ1) is 9.97. The average Bonchev–Trinajstić information content (AvgIpc) is 3.26. The number of hydrogen-bond acceptors (Lipinski definition) is 4. The van der Waals surface area contributed by atoms with Crippen LogP contribution in [0.25, 0.3) is 0 Å². The van der Waals surface area contributed by atoms with Crippen molar-refractivity contribution in [1.82, 2.24) is 4.90 Å². The Kier molecular flexibility index (Phi) is 4.35. The van der Waals surface area contributed by atoms with Crippen LogP contribution in [0.5, 0.6) is 11.5 Å². The number of ether oxygens (including phenoxy) is 2. The fourth-order valence-electron chi connectivity index (χ4n) is 2.35. The molecule has 1 saturated carbocycles. The summed E-state index contributed by atoms with van der Waals surface area (Å²) in [6.45, 7) is 0.405. The molecule has 0 saturated heterocycles. The molecule has 21 heavy (non-hydrogen) atoms. The molecule has 1 aliphatic rings. The van der Waals surface area contributed by atoms with E-state index in [9.17, 15) is 9.59 Å². The summed E-state index contributed by atoms with van der Waals surface area (Å²) in [6, 6.07) is 5.45. The quantitative estimate of drug-likeness (QED) is 0.857. The number of carboxylic acids is 1. The smallest absolute Gasteiger partial charge is 0.307 e. The molecule has 1 N–H and O–H groups in total. The van der Waals surface area contributed by atoms with Crippen molar-refractivity contribution in [2.45, 2.75) is 13.0 Å². The molecular formula is C15H19NO5. The van der Waals surface area contributed by atoms with E-state index >= 15 is 0 Å². The minimum absolute atomic E-state index is 0.128. The standard InChI is InChI=1S/C15H19NO5/c1-16(14(17)10-7-11(10)15(18)19)8-9-4-5-12(20-2)13(6-9)21-3/h4-6,10-11H,7-8H2,1-3H3,(H,18,19)/t10-,11+/m1/s1. The normalized spacial score (nSPS) is 19.8. The van der Waals surface area contributed by atoms with Gasteiger partial charge in [-0.15, -0.1) is 0 Å². The zero-order chi connectivity index (χ0) is 15.6. The Labute approximate surface area is 123 Å². The van der Waals surface area contributed by atoms with Crippen LogP contribution >= 0.6 is 0 Å². The van der Waals surface area contributed by atoms with E-state index in [4.69, 9.17) is 14.6 Å². The van der Waals surface area contributed by atoms with Crippen LogP contribution in [0.3, 0.4) is 0 Å². The number of carbonyl (C=O) groups excluding carboxylic acids is 1. The first-order valence-electron chi connectivity index (χ1n) is 6.66. The van der Waals surface area contributed by atoms with Crippen LogP contribution in [0.4, 0.5) is 0 Å². The predicted molar refractivity (Wildman–Crippen MR) is 75.3 cm³/mol. The third-order valence-corrected chi connectivity index (χ3v) is 3.67. The third kappa shape index (κ3) is 3.26. The van der Waals surface area contributed by atoms with E-state index in [0.29, 0.717) is 24.5 Å². The van der Waals surface area contributed by atoms with Gasteiger partial charge in [-0.05, 0) is 24.1 Å². The molecule has 1 fully saturated rings. The Bertz CT molecular complexity index is 557. The summed E-state index contributed by atoms with van der Waals surface area (Å²) >= 11 is 0. The molecule has 0 bridgehead atoms. The molecule has 6 heteroatoms. The molecule has 0 unspecified atom stereocenters. The summed E-state index contributed by atoms with van der Waals surface area (Å²) in [5.41, 5.74) is 0.899. The van der Waals surface area contributed by atoms with Crippen molar-refractivity contribution in [2.75, 3.05) is 21.3 Å². The van der Waals surface area contributed by atoms with E-state index in [1.54, 1.807) is 32.2 Å². The van der Waals surface area contributed by atoms with E-state index in [1.807, 2.05) is 12.1 Å². The highest BCUT2D eigenvalue weighted by atomic mass is 16.5. The molecule has 1 aromatic rings. The van der Waals surface area contributed by atoms with E-state index in [1.165, 1.54) is 0 Å². The molecule has 0 aromatic heterocycles. The van der Waals surface area contributed by atoms with Gasteiger partial charge in [0, 0.05) is 13.6 Å². The number of amides is 1. The average molecular weight is 293 g/mol. The van der Waals surface area contributed by atoms with Crippen molar-refractivity contribution >= 4 is 11.9 Å². The number of aliphatic carboxylic acids is 1. The first-order valence-corrected chi connectivity index (χ1v) is 6.66. The van der Waals surface area contributed by atoms with Gasteiger partial charge in [-0.25, -0.2) is 0 Å². The Morgan fingerprint density at radius 1 is 1.24 bits per heavy atom. The minimum atomic E-state index is -0.895. The van der Waals surface area contributed by atoms with Crippen molar-refractivity contribution in [3.8, 4) is 11.5 Å². The zero-order valence-corrected chi connectivity index (χ0v) is 12.3. The SMILES string of the molecule is COc1ccc(CN(C)C(=O)[C@@H]2C[C@@H]2C(=O)O)cc1OC.